The maximum atomic E-state index is 11.6. The molecule has 130 valence electrons. The molecule has 0 saturated heterocycles. The van der Waals surface area contributed by atoms with Crippen LogP contribution in [0.2, 0.25) is 0 Å². The summed E-state index contributed by atoms with van der Waals surface area (Å²) in [5.41, 5.74) is 1.98. The molecule has 0 unspecified atom stereocenters. The lowest BCUT2D eigenvalue weighted by Crippen LogP contribution is -2.25. The van der Waals surface area contributed by atoms with Crippen molar-refractivity contribution in [3.63, 3.8) is 0 Å². The van der Waals surface area contributed by atoms with Crippen molar-refractivity contribution in [1.82, 2.24) is 10.3 Å². The molecule has 1 aromatic heterocycles. The zero-order chi connectivity index (χ0) is 17.4. The van der Waals surface area contributed by atoms with Gasteiger partial charge in [-0.2, -0.15) is 0 Å². The summed E-state index contributed by atoms with van der Waals surface area (Å²) in [6, 6.07) is 5.77. The van der Waals surface area contributed by atoms with E-state index in [0.717, 1.165) is 35.0 Å². The van der Waals surface area contributed by atoms with Crippen molar-refractivity contribution in [2.24, 2.45) is 0 Å². The summed E-state index contributed by atoms with van der Waals surface area (Å²) in [6.07, 6.45) is 0.956. The number of carbonyl (C=O) groups excluding carboxylic acids is 1. The zero-order valence-electron chi connectivity index (χ0n) is 14.1. The smallest absolute Gasteiger partial charge is 0.230 e. The molecule has 2 rings (SSSR count). The van der Waals surface area contributed by atoms with Crippen molar-refractivity contribution >= 4 is 29.0 Å². The number of rotatable bonds is 9. The quantitative estimate of drug-likeness (QED) is 0.735. The molecule has 7 heteroatoms. The van der Waals surface area contributed by atoms with Crippen molar-refractivity contribution < 1.29 is 14.3 Å². The Kier molecular flexibility index (Phi) is 7.39. The third-order valence-corrected chi connectivity index (χ3v) is 5.14. The van der Waals surface area contributed by atoms with Gasteiger partial charge in [0.2, 0.25) is 5.91 Å². The fourth-order valence-corrected chi connectivity index (χ4v) is 3.71. The van der Waals surface area contributed by atoms with Gasteiger partial charge in [-0.25, -0.2) is 4.98 Å². The Balaban J connectivity index is 1.94. The first-order valence-corrected chi connectivity index (χ1v) is 9.72. The second-order valence-electron chi connectivity index (χ2n) is 5.06. The maximum absolute atomic E-state index is 11.6. The third kappa shape index (κ3) is 5.14. The van der Waals surface area contributed by atoms with E-state index in [2.05, 4.69) is 10.3 Å². The topological polar surface area (TPSA) is 60.5 Å². The van der Waals surface area contributed by atoms with Gasteiger partial charge in [-0.15, -0.1) is 23.1 Å². The summed E-state index contributed by atoms with van der Waals surface area (Å²) in [4.78, 5) is 16.2. The zero-order valence-corrected chi connectivity index (χ0v) is 15.8. The van der Waals surface area contributed by atoms with Crippen LogP contribution in [0, 0.1) is 0 Å². The van der Waals surface area contributed by atoms with Gasteiger partial charge in [0.15, 0.2) is 11.5 Å². The van der Waals surface area contributed by atoms with E-state index in [-0.39, 0.29) is 5.91 Å². The highest BCUT2D eigenvalue weighted by Gasteiger charge is 2.10. The summed E-state index contributed by atoms with van der Waals surface area (Å²) in [6.45, 7) is 2.78. The van der Waals surface area contributed by atoms with Crippen molar-refractivity contribution in [3.05, 3.63) is 29.3 Å². The molecule has 0 atom stereocenters. The lowest BCUT2D eigenvalue weighted by Gasteiger charge is -2.08. The molecule has 1 amide bonds. The van der Waals surface area contributed by atoms with Gasteiger partial charge in [0.05, 0.1) is 25.7 Å². The monoisotopic (exact) mass is 366 g/mol. The number of ether oxygens (including phenoxy) is 2. The lowest BCUT2D eigenvalue weighted by molar-refractivity contribution is -0.118. The summed E-state index contributed by atoms with van der Waals surface area (Å²) in [5.74, 6) is 2.66. The first kappa shape index (κ1) is 18.6. The fraction of sp³-hybridized carbons (Fsp3) is 0.412. The molecule has 2 aromatic rings. The molecule has 0 fully saturated rings. The summed E-state index contributed by atoms with van der Waals surface area (Å²) < 4.78 is 10.6. The fourth-order valence-electron chi connectivity index (χ4n) is 2.04. The Labute approximate surface area is 150 Å². The Morgan fingerprint density at radius 2 is 2.08 bits per heavy atom. The number of carbonyl (C=O) groups is 1. The molecule has 1 heterocycles. The highest BCUT2D eigenvalue weighted by molar-refractivity contribution is 7.99. The van der Waals surface area contributed by atoms with Crippen molar-refractivity contribution in [1.29, 1.82) is 0 Å². The Morgan fingerprint density at radius 3 is 2.79 bits per heavy atom. The number of methoxy groups -OCH3 is 2. The Bertz CT molecular complexity index is 674. The maximum Gasteiger partial charge on any atom is 0.230 e. The number of hydrogen-bond acceptors (Lipinski definition) is 6. The molecule has 0 aliphatic heterocycles. The van der Waals surface area contributed by atoms with Crippen molar-refractivity contribution in [2.45, 2.75) is 19.1 Å². The number of hydrogen-bond donors (Lipinski definition) is 1. The van der Waals surface area contributed by atoms with E-state index in [1.165, 1.54) is 0 Å². The molecule has 0 aliphatic rings. The number of thioether (sulfide) groups is 1. The third-order valence-electron chi connectivity index (χ3n) is 3.24. The molecule has 1 N–H and O–H groups in total. The van der Waals surface area contributed by atoms with Gasteiger partial charge < -0.3 is 14.8 Å². The standard InChI is InChI=1S/C17H22N2O3S2/c1-4-7-18-16(20)11-23-9-13-10-24-17(19-13)12-5-6-14(21-2)15(8-12)22-3/h5-6,8,10H,4,7,9,11H2,1-3H3,(H,18,20). The number of amides is 1. The lowest BCUT2D eigenvalue weighted by atomic mass is 10.2. The minimum absolute atomic E-state index is 0.0807. The Morgan fingerprint density at radius 1 is 1.29 bits per heavy atom. The first-order chi connectivity index (χ1) is 11.7. The molecular weight excluding hydrogens is 344 g/mol. The van der Waals surface area contributed by atoms with Crippen LogP contribution < -0.4 is 14.8 Å². The molecule has 5 nitrogen and oxygen atoms in total. The van der Waals surface area contributed by atoms with Gasteiger partial charge in [-0.1, -0.05) is 6.92 Å². The van der Waals surface area contributed by atoms with Gasteiger partial charge in [-0.05, 0) is 24.6 Å². The summed E-state index contributed by atoms with van der Waals surface area (Å²) in [5, 5.41) is 5.83. The largest absolute Gasteiger partial charge is 0.493 e. The van der Waals surface area contributed by atoms with Gasteiger partial charge in [0.25, 0.3) is 0 Å². The molecule has 24 heavy (non-hydrogen) atoms. The first-order valence-electron chi connectivity index (χ1n) is 7.69. The van der Waals surface area contributed by atoms with Crippen LogP contribution in [0.15, 0.2) is 23.6 Å². The summed E-state index contributed by atoms with van der Waals surface area (Å²) >= 11 is 3.16. The average molecular weight is 367 g/mol. The highest BCUT2D eigenvalue weighted by Crippen LogP contribution is 2.33. The SMILES string of the molecule is CCCNC(=O)CSCc1csc(-c2ccc(OC)c(OC)c2)n1. The highest BCUT2D eigenvalue weighted by atomic mass is 32.2. The second-order valence-corrected chi connectivity index (χ2v) is 6.90. The van der Waals surface area contributed by atoms with E-state index in [4.69, 9.17) is 9.47 Å². The molecule has 0 saturated carbocycles. The number of benzene rings is 1. The van der Waals surface area contributed by atoms with Crippen molar-refractivity contribution in [3.8, 4) is 22.1 Å². The van der Waals surface area contributed by atoms with Crippen LogP contribution in [0.1, 0.15) is 19.0 Å². The van der Waals surface area contributed by atoms with Crippen molar-refractivity contribution in [2.75, 3.05) is 26.5 Å². The number of aromatic nitrogens is 1. The normalized spacial score (nSPS) is 10.5. The van der Waals surface area contributed by atoms with Crippen LogP contribution in [-0.4, -0.2) is 37.4 Å². The minimum atomic E-state index is 0.0807. The van der Waals surface area contributed by atoms with Gasteiger partial charge in [-0.3, -0.25) is 4.79 Å². The van der Waals surface area contributed by atoms with E-state index in [1.54, 1.807) is 37.3 Å². The molecule has 0 radical (unpaired) electrons. The molecular formula is C17H22N2O3S2. The Hall–Kier alpha value is -1.73. The molecule has 0 spiro atoms. The average Bonchev–Trinajstić information content (AvgIpc) is 3.08. The summed E-state index contributed by atoms with van der Waals surface area (Å²) in [7, 11) is 3.24. The van der Waals surface area contributed by atoms with Crippen LogP contribution in [0.25, 0.3) is 10.6 Å². The number of nitrogens with zero attached hydrogens (tertiary/aromatic N) is 1. The minimum Gasteiger partial charge on any atom is -0.493 e. The van der Waals surface area contributed by atoms with Crippen LogP contribution >= 0.6 is 23.1 Å². The van der Waals surface area contributed by atoms with Gasteiger partial charge >= 0.3 is 0 Å². The van der Waals surface area contributed by atoms with E-state index in [0.29, 0.717) is 17.3 Å². The van der Waals surface area contributed by atoms with Crippen LogP contribution in [0.5, 0.6) is 11.5 Å². The predicted octanol–water partition coefficient (Wildman–Crippen LogP) is 3.59. The van der Waals surface area contributed by atoms with E-state index in [9.17, 15) is 4.79 Å². The molecule has 0 aliphatic carbocycles. The van der Waals surface area contributed by atoms with Crippen LogP contribution in [0.4, 0.5) is 0 Å². The molecule has 1 aromatic carbocycles. The predicted molar refractivity (Wildman–Crippen MR) is 100 cm³/mol. The van der Waals surface area contributed by atoms with E-state index in [1.807, 2.05) is 30.5 Å². The van der Waals surface area contributed by atoms with E-state index < -0.39 is 0 Å². The van der Waals surface area contributed by atoms with Gasteiger partial charge in [0.1, 0.15) is 5.01 Å². The number of thiazole rings is 1. The number of nitrogens with one attached hydrogen (secondary N) is 1. The second kappa shape index (κ2) is 9.54. The molecule has 0 bridgehead atoms. The van der Waals surface area contributed by atoms with Crippen LogP contribution in [0.3, 0.4) is 0 Å². The van der Waals surface area contributed by atoms with E-state index >= 15 is 0 Å². The van der Waals surface area contributed by atoms with Gasteiger partial charge in [0, 0.05) is 23.2 Å². The van der Waals surface area contributed by atoms with Crippen LogP contribution in [-0.2, 0) is 10.5 Å².